The van der Waals surface area contributed by atoms with Gasteiger partial charge >= 0.3 is 0 Å². The molecule has 8 heteroatoms. The molecule has 1 aromatic rings. The topological polar surface area (TPSA) is 66.4 Å². The zero-order chi connectivity index (χ0) is 13.3. The molecule has 0 radical (unpaired) electrons. The lowest BCUT2D eigenvalue weighted by Crippen LogP contribution is -2.32. The molecule has 0 bridgehead atoms. The van der Waals surface area contributed by atoms with Crippen LogP contribution >= 0.6 is 43.2 Å². The number of thiophene rings is 1. The third-order valence-corrected chi connectivity index (χ3v) is 7.25. The first-order chi connectivity index (χ1) is 8.40. The van der Waals surface area contributed by atoms with Gasteiger partial charge in [0, 0.05) is 6.54 Å². The minimum Gasteiger partial charge on any atom is -0.393 e. The van der Waals surface area contributed by atoms with E-state index in [9.17, 15) is 13.5 Å². The summed E-state index contributed by atoms with van der Waals surface area (Å²) in [5.74, 6) is 0.0284. The number of nitrogens with one attached hydrogen (secondary N) is 1. The van der Waals surface area contributed by atoms with Crippen LogP contribution in [0.5, 0.6) is 0 Å². The molecule has 102 valence electrons. The Hall–Kier alpha value is 0.530. The van der Waals surface area contributed by atoms with E-state index in [0.29, 0.717) is 10.3 Å². The Morgan fingerprint density at radius 1 is 1.44 bits per heavy atom. The molecule has 0 spiro atoms. The summed E-state index contributed by atoms with van der Waals surface area (Å²) in [6.07, 6.45) is 2.21. The average molecular weight is 419 g/mol. The standard InChI is InChI=1S/C10H13Br2NO3S2/c11-9-4-8(10(12)17-9)18(15,16)13-5-6-2-1-3-7(6)14/h4,6-7,13-14H,1-3,5H2. The van der Waals surface area contributed by atoms with Gasteiger partial charge in [0.2, 0.25) is 10.0 Å². The van der Waals surface area contributed by atoms with Crippen LogP contribution < -0.4 is 4.72 Å². The Balaban J connectivity index is 2.06. The van der Waals surface area contributed by atoms with Crippen molar-refractivity contribution < 1.29 is 13.5 Å². The van der Waals surface area contributed by atoms with Gasteiger partial charge in [0.1, 0.15) is 4.90 Å². The van der Waals surface area contributed by atoms with Crippen molar-refractivity contribution in [1.29, 1.82) is 0 Å². The lowest BCUT2D eigenvalue weighted by Gasteiger charge is -2.14. The summed E-state index contributed by atoms with van der Waals surface area (Å²) < 4.78 is 28.1. The minimum absolute atomic E-state index is 0.0284. The quantitative estimate of drug-likeness (QED) is 0.789. The summed E-state index contributed by atoms with van der Waals surface area (Å²) in [5, 5.41) is 9.67. The first-order valence-electron chi connectivity index (χ1n) is 5.52. The first kappa shape index (κ1) is 14.9. The van der Waals surface area contributed by atoms with Crippen LogP contribution in [-0.2, 0) is 10.0 Å². The van der Waals surface area contributed by atoms with Crippen molar-refractivity contribution >= 4 is 53.2 Å². The average Bonchev–Trinajstić information content (AvgIpc) is 2.82. The molecule has 0 aliphatic heterocycles. The van der Waals surface area contributed by atoms with Crippen molar-refractivity contribution in [2.45, 2.75) is 30.3 Å². The molecule has 1 fully saturated rings. The third-order valence-electron chi connectivity index (χ3n) is 3.07. The van der Waals surface area contributed by atoms with Crippen LogP contribution in [0.15, 0.2) is 18.5 Å². The number of aliphatic hydroxyl groups is 1. The van der Waals surface area contributed by atoms with Crippen LogP contribution in [0.1, 0.15) is 19.3 Å². The molecule has 1 heterocycles. The molecule has 0 aromatic carbocycles. The van der Waals surface area contributed by atoms with Crippen LogP contribution in [0.4, 0.5) is 0 Å². The third kappa shape index (κ3) is 3.34. The van der Waals surface area contributed by atoms with Crippen molar-refractivity contribution in [2.75, 3.05) is 6.54 Å². The Morgan fingerprint density at radius 2 is 2.17 bits per heavy atom. The molecule has 18 heavy (non-hydrogen) atoms. The molecule has 4 nitrogen and oxygen atoms in total. The normalized spacial score (nSPS) is 24.6. The second-order valence-electron chi connectivity index (χ2n) is 4.30. The highest BCUT2D eigenvalue weighted by molar-refractivity contribution is 9.12. The fourth-order valence-electron chi connectivity index (χ4n) is 2.06. The van der Waals surface area contributed by atoms with Gasteiger partial charge in [-0.3, -0.25) is 0 Å². The zero-order valence-electron chi connectivity index (χ0n) is 9.40. The van der Waals surface area contributed by atoms with Gasteiger partial charge < -0.3 is 5.11 Å². The summed E-state index contributed by atoms with van der Waals surface area (Å²) in [5.41, 5.74) is 0. The van der Waals surface area contributed by atoms with Gasteiger partial charge in [-0.15, -0.1) is 11.3 Å². The molecule has 2 rings (SSSR count). The van der Waals surface area contributed by atoms with Crippen LogP contribution in [0.25, 0.3) is 0 Å². The number of rotatable bonds is 4. The molecule has 2 unspecified atom stereocenters. The smallest absolute Gasteiger partial charge is 0.242 e. The van der Waals surface area contributed by atoms with Crippen molar-refractivity contribution in [3.05, 3.63) is 13.6 Å². The van der Waals surface area contributed by atoms with Crippen LogP contribution in [0.3, 0.4) is 0 Å². The molecule has 0 saturated heterocycles. The molecule has 1 saturated carbocycles. The molecule has 2 N–H and O–H groups in total. The van der Waals surface area contributed by atoms with Gasteiger partial charge in [-0.2, -0.15) is 0 Å². The van der Waals surface area contributed by atoms with Gasteiger partial charge in [0.15, 0.2) is 0 Å². The number of hydrogen-bond donors (Lipinski definition) is 2. The summed E-state index contributed by atoms with van der Waals surface area (Å²) in [6, 6.07) is 1.57. The molecule has 1 aliphatic rings. The summed E-state index contributed by atoms with van der Waals surface area (Å²) in [6.45, 7) is 0.295. The van der Waals surface area contributed by atoms with Gasteiger partial charge in [-0.05, 0) is 56.7 Å². The predicted octanol–water partition coefficient (Wildman–Crippen LogP) is 2.71. The van der Waals surface area contributed by atoms with Gasteiger partial charge in [0.05, 0.1) is 13.7 Å². The number of hydrogen-bond acceptors (Lipinski definition) is 4. The Bertz CT molecular complexity index is 529. The van der Waals surface area contributed by atoms with E-state index < -0.39 is 10.0 Å². The summed E-state index contributed by atoms with van der Waals surface area (Å²) in [4.78, 5) is 0.242. The first-order valence-corrected chi connectivity index (χ1v) is 9.41. The number of halogens is 2. The van der Waals surface area contributed by atoms with E-state index in [2.05, 4.69) is 36.6 Å². The van der Waals surface area contributed by atoms with E-state index >= 15 is 0 Å². The Kier molecular flexibility index (Phi) is 4.88. The van der Waals surface area contributed by atoms with Crippen molar-refractivity contribution in [3.8, 4) is 0 Å². The van der Waals surface area contributed by atoms with Gasteiger partial charge in [-0.25, -0.2) is 13.1 Å². The van der Waals surface area contributed by atoms with Crippen molar-refractivity contribution in [3.63, 3.8) is 0 Å². The maximum absolute atomic E-state index is 12.1. The molecule has 1 aromatic heterocycles. The molecular weight excluding hydrogens is 406 g/mol. The van der Waals surface area contributed by atoms with Crippen molar-refractivity contribution in [2.24, 2.45) is 5.92 Å². The van der Waals surface area contributed by atoms with Crippen LogP contribution in [0.2, 0.25) is 0 Å². The number of aliphatic hydroxyl groups excluding tert-OH is 1. The maximum atomic E-state index is 12.1. The lowest BCUT2D eigenvalue weighted by molar-refractivity contribution is 0.134. The van der Waals surface area contributed by atoms with E-state index in [-0.39, 0.29) is 16.9 Å². The van der Waals surface area contributed by atoms with Crippen LogP contribution in [0, 0.1) is 5.92 Å². The summed E-state index contributed by atoms with van der Waals surface area (Å²) in [7, 11) is -3.51. The fraction of sp³-hybridized carbons (Fsp3) is 0.600. The highest BCUT2D eigenvalue weighted by atomic mass is 79.9. The van der Waals surface area contributed by atoms with E-state index in [1.165, 1.54) is 11.3 Å². The monoisotopic (exact) mass is 417 g/mol. The Morgan fingerprint density at radius 3 is 2.67 bits per heavy atom. The van der Waals surface area contributed by atoms with E-state index in [1.807, 2.05) is 0 Å². The van der Waals surface area contributed by atoms with E-state index in [1.54, 1.807) is 6.07 Å². The molecule has 0 amide bonds. The molecule has 2 atom stereocenters. The van der Waals surface area contributed by atoms with Gasteiger partial charge in [0.25, 0.3) is 0 Å². The largest absolute Gasteiger partial charge is 0.393 e. The maximum Gasteiger partial charge on any atom is 0.242 e. The molecular formula is C10H13Br2NO3S2. The Labute approximate surface area is 127 Å². The zero-order valence-corrected chi connectivity index (χ0v) is 14.2. The van der Waals surface area contributed by atoms with Gasteiger partial charge in [-0.1, -0.05) is 6.42 Å². The predicted molar refractivity (Wildman–Crippen MR) is 78.3 cm³/mol. The second-order valence-corrected chi connectivity index (χ2v) is 9.78. The SMILES string of the molecule is O=S(=O)(NCC1CCCC1O)c1cc(Br)sc1Br. The fourth-order valence-corrected chi connectivity index (χ4v) is 6.96. The van der Waals surface area contributed by atoms with Crippen LogP contribution in [-0.4, -0.2) is 26.2 Å². The second kappa shape index (κ2) is 5.88. The highest BCUT2D eigenvalue weighted by Crippen LogP contribution is 2.35. The number of sulfonamides is 1. The van der Waals surface area contributed by atoms with E-state index in [4.69, 9.17) is 0 Å². The minimum atomic E-state index is -3.51. The summed E-state index contributed by atoms with van der Waals surface area (Å²) >= 11 is 7.82. The lowest BCUT2D eigenvalue weighted by atomic mass is 10.1. The highest BCUT2D eigenvalue weighted by Gasteiger charge is 2.28. The molecule has 1 aliphatic carbocycles. The van der Waals surface area contributed by atoms with Crippen molar-refractivity contribution in [1.82, 2.24) is 4.72 Å². The van der Waals surface area contributed by atoms with E-state index in [0.717, 1.165) is 23.0 Å².